The first-order valence-corrected chi connectivity index (χ1v) is 8.20. The number of piperazine rings is 1. The van der Waals surface area contributed by atoms with Crippen molar-refractivity contribution in [2.45, 2.75) is 30.7 Å². The molecular formula is C13H15ClF3N3S. The van der Waals surface area contributed by atoms with Crippen molar-refractivity contribution < 1.29 is 13.2 Å². The van der Waals surface area contributed by atoms with Crippen molar-refractivity contribution in [3.05, 3.63) is 29.0 Å². The molecule has 8 heteroatoms. The highest BCUT2D eigenvalue weighted by atomic mass is 35.5. The molecule has 21 heavy (non-hydrogen) atoms. The summed E-state index contributed by atoms with van der Waals surface area (Å²) in [6, 6.07) is 1.17. The van der Waals surface area contributed by atoms with Crippen LogP contribution in [0, 0.1) is 0 Å². The highest BCUT2D eigenvalue weighted by molar-refractivity contribution is 7.96. The van der Waals surface area contributed by atoms with Gasteiger partial charge in [-0.3, -0.25) is 4.90 Å². The van der Waals surface area contributed by atoms with E-state index >= 15 is 0 Å². The SMILES string of the molecule is CSN1CC2CC(C1)N2C(c1ccc(Cl)nc1)C(F)(F)F. The van der Waals surface area contributed by atoms with Crippen LogP contribution >= 0.6 is 23.5 Å². The van der Waals surface area contributed by atoms with Crippen molar-refractivity contribution in [1.82, 2.24) is 14.2 Å². The molecule has 0 amide bonds. The lowest BCUT2D eigenvalue weighted by molar-refractivity contribution is -0.227. The van der Waals surface area contributed by atoms with Gasteiger partial charge < -0.3 is 0 Å². The molecular weight excluding hydrogens is 323 g/mol. The minimum Gasteiger partial charge on any atom is -0.280 e. The Morgan fingerprint density at radius 3 is 2.48 bits per heavy atom. The molecule has 3 aliphatic heterocycles. The number of nitrogens with zero attached hydrogens (tertiary/aromatic N) is 3. The van der Waals surface area contributed by atoms with E-state index in [0.717, 1.165) is 6.42 Å². The molecule has 3 nitrogen and oxygen atoms in total. The fourth-order valence-corrected chi connectivity index (χ4v) is 4.00. The second-order valence-electron chi connectivity index (χ2n) is 5.38. The van der Waals surface area contributed by atoms with Gasteiger partial charge in [0.2, 0.25) is 0 Å². The predicted molar refractivity (Wildman–Crippen MR) is 77.2 cm³/mol. The molecule has 116 valence electrons. The highest BCUT2D eigenvalue weighted by Gasteiger charge is 2.56. The van der Waals surface area contributed by atoms with Crippen molar-refractivity contribution in [3.8, 4) is 0 Å². The molecule has 0 N–H and O–H groups in total. The van der Waals surface area contributed by atoms with Gasteiger partial charge in [-0.05, 0) is 24.3 Å². The number of hydrogen-bond donors (Lipinski definition) is 0. The molecule has 0 spiro atoms. The molecule has 3 unspecified atom stereocenters. The van der Waals surface area contributed by atoms with E-state index in [0.29, 0.717) is 13.1 Å². The van der Waals surface area contributed by atoms with Crippen LogP contribution in [0.1, 0.15) is 18.0 Å². The lowest BCUT2D eigenvalue weighted by atomic mass is 9.85. The van der Waals surface area contributed by atoms with E-state index < -0.39 is 12.2 Å². The van der Waals surface area contributed by atoms with Crippen LogP contribution in [0.4, 0.5) is 13.2 Å². The molecule has 3 fully saturated rings. The zero-order valence-corrected chi connectivity index (χ0v) is 12.9. The van der Waals surface area contributed by atoms with E-state index in [4.69, 9.17) is 11.6 Å². The van der Waals surface area contributed by atoms with Crippen molar-refractivity contribution in [2.24, 2.45) is 0 Å². The van der Waals surface area contributed by atoms with Crippen LogP contribution in [-0.2, 0) is 0 Å². The molecule has 4 rings (SSSR count). The van der Waals surface area contributed by atoms with Crippen molar-refractivity contribution in [1.29, 1.82) is 0 Å². The van der Waals surface area contributed by atoms with Gasteiger partial charge in [0.15, 0.2) is 0 Å². The second kappa shape index (κ2) is 5.61. The van der Waals surface area contributed by atoms with Crippen LogP contribution in [0.5, 0.6) is 0 Å². The Bertz CT molecular complexity index is 498. The molecule has 1 aromatic heterocycles. The van der Waals surface area contributed by atoms with Gasteiger partial charge >= 0.3 is 6.18 Å². The molecule has 4 heterocycles. The van der Waals surface area contributed by atoms with E-state index in [1.54, 1.807) is 16.8 Å². The smallest absolute Gasteiger partial charge is 0.280 e. The van der Waals surface area contributed by atoms with E-state index in [1.165, 1.54) is 18.3 Å². The number of hydrogen-bond acceptors (Lipinski definition) is 4. The number of halogens is 4. The van der Waals surface area contributed by atoms with E-state index in [9.17, 15) is 13.2 Å². The zero-order chi connectivity index (χ0) is 15.2. The average Bonchev–Trinajstić information content (AvgIpc) is 2.44. The summed E-state index contributed by atoms with van der Waals surface area (Å²) >= 11 is 7.27. The Morgan fingerprint density at radius 2 is 2.00 bits per heavy atom. The minimum atomic E-state index is -4.31. The quantitative estimate of drug-likeness (QED) is 0.622. The average molecular weight is 338 g/mol. The summed E-state index contributed by atoms with van der Waals surface area (Å²) < 4.78 is 42.8. The molecule has 1 aromatic rings. The summed E-state index contributed by atoms with van der Waals surface area (Å²) in [6.07, 6.45) is -0.279. The van der Waals surface area contributed by atoms with Gasteiger partial charge in [-0.2, -0.15) is 13.2 Å². The van der Waals surface area contributed by atoms with Crippen LogP contribution in [0.25, 0.3) is 0 Å². The van der Waals surface area contributed by atoms with Crippen molar-refractivity contribution in [3.63, 3.8) is 0 Å². The van der Waals surface area contributed by atoms with Gasteiger partial charge in [-0.15, -0.1) is 0 Å². The first-order valence-electron chi connectivity index (χ1n) is 6.65. The van der Waals surface area contributed by atoms with Crippen LogP contribution in [-0.4, -0.2) is 51.8 Å². The van der Waals surface area contributed by atoms with Gasteiger partial charge in [0.1, 0.15) is 11.2 Å². The van der Waals surface area contributed by atoms with Crippen molar-refractivity contribution >= 4 is 23.5 Å². The predicted octanol–water partition coefficient (Wildman–Crippen LogP) is 3.37. The Morgan fingerprint density at radius 1 is 1.33 bits per heavy atom. The first kappa shape index (κ1) is 15.4. The number of aromatic nitrogens is 1. The number of piperidine rings is 1. The largest absolute Gasteiger partial charge is 0.408 e. The Labute approximate surface area is 130 Å². The van der Waals surface area contributed by atoms with E-state index in [2.05, 4.69) is 9.29 Å². The molecule has 3 aliphatic rings. The summed E-state index contributed by atoms with van der Waals surface area (Å²) in [5.41, 5.74) is 0.166. The Balaban J connectivity index is 1.87. The molecule has 0 aromatic carbocycles. The third-order valence-electron chi connectivity index (χ3n) is 4.15. The summed E-state index contributed by atoms with van der Waals surface area (Å²) in [4.78, 5) is 5.40. The van der Waals surface area contributed by atoms with Gasteiger partial charge in [0.05, 0.1) is 0 Å². The lowest BCUT2D eigenvalue weighted by Gasteiger charge is -2.58. The minimum absolute atomic E-state index is 0.0431. The monoisotopic (exact) mass is 337 g/mol. The van der Waals surface area contributed by atoms with Crippen LogP contribution < -0.4 is 0 Å². The second-order valence-corrected chi connectivity index (χ2v) is 6.65. The number of fused-ring (bicyclic) bond motifs is 2. The zero-order valence-electron chi connectivity index (χ0n) is 11.3. The highest BCUT2D eigenvalue weighted by Crippen LogP contribution is 2.47. The first-order chi connectivity index (χ1) is 9.90. The maximum Gasteiger partial charge on any atom is 0.408 e. The topological polar surface area (TPSA) is 19.4 Å². The van der Waals surface area contributed by atoms with Gasteiger partial charge in [0.25, 0.3) is 0 Å². The normalized spacial score (nSPS) is 28.2. The van der Waals surface area contributed by atoms with E-state index in [-0.39, 0.29) is 22.8 Å². The number of alkyl halides is 3. The van der Waals surface area contributed by atoms with Crippen LogP contribution in [0.15, 0.2) is 18.3 Å². The van der Waals surface area contributed by atoms with E-state index in [1.807, 2.05) is 6.26 Å². The number of pyridine rings is 1. The van der Waals surface area contributed by atoms with Crippen LogP contribution in [0.2, 0.25) is 5.15 Å². The third kappa shape index (κ3) is 2.88. The number of rotatable bonds is 3. The third-order valence-corrected chi connectivity index (χ3v) is 5.19. The Hall–Kier alpha value is -0.500. The summed E-state index contributed by atoms with van der Waals surface area (Å²) in [5, 5.41) is 0.206. The molecule has 2 bridgehead atoms. The lowest BCUT2D eigenvalue weighted by Crippen LogP contribution is -2.69. The van der Waals surface area contributed by atoms with Crippen molar-refractivity contribution in [2.75, 3.05) is 19.3 Å². The Kier molecular flexibility index (Phi) is 4.11. The summed E-state index contributed by atoms with van der Waals surface area (Å²) in [5.74, 6) is 0. The fourth-order valence-electron chi connectivity index (χ4n) is 3.25. The summed E-state index contributed by atoms with van der Waals surface area (Å²) in [7, 11) is 0. The van der Waals surface area contributed by atoms with Crippen LogP contribution in [0.3, 0.4) is 0 Å². The fraction of sp³-hybridized carbons (Fsp3) is 0.615. The van der Waals surface area contributed by atoms with Gasteiger partial charge in [-0.25, -0.2) is 9.29 Å². The van der Waals surface area contributed by atoms with Gasteiger partial charge in [-0.1, -0.05) is 29.6 Å². The maximum absolute atomic E-state index is 13.5. The molecule has 0 radical (unpaired) electrons. The molecule has 0 aliphatic carbocycles. The molecule has 3 atom stereocenters. The summed E-state index contributed by atoms with van der Waals surface area (Å²) in [6.45, 7) is 1.34. The molecule has 0 saturated carbocycles. The molecule has 3 saturated heterocycles. The maximum atomic E-state index is 13.5. The standard InChI is InChI=1S/C13H15ClF3N3S/c1-21-19-6-9-4-10(7-19)20(9)12(13(15,16)17)8-2-3-11(14)18-5-8/h2-3,5,9-10,12H,4,6-7H2,1H3. The van der Waals surface area contributed by atoms with Gasteiger partial charge in [0, 0.05) is 31.4 Å².